The zero-order valence-corrected chi connectivity index (χ0v) is 20.3. The molecular weight excluding hydrogens is 440 g/mol. The lowest BCUT2D eigenvalue weighted by Gasteiger charge is -2.70. The van der Waals surface area contributed by atoms with Crippen LogP contribution < -0.4 is 0 Å². The number of aliphatic hydroxyl groups excluding tert-OH is 2. The minimum absolute atomic E-state index is 0.0561. The molecule has 5 fully saturated rings. The number of hydrogen-bond donors (Lipinski definition) is 4. The van der Waals surface area contributed by atoms with Crippen LogP contribution in [0.25, 0.3) is 0 Å². The predicted octanol–water partition coefficient (Wildman–Crippen LogP) is 1.43. The van der Waals surface area contributed by atoms with Crippen molar-refractivity contribution >= 4 is 5.97 Å². The Balaban J connectivity index is 1.43. The van der Waals surface area contributed by atoms with Gasteiger partial charge in [-0.05, 0) is 63.4 Å². The van der Waals surface area contributed by atoms with Crippen molar-refractivity contribution < 1.29 is 39.4 Å². The minimum Gasteiger partial charge on any atom is -0.458 e. The number of hydrogen-bond acceptors (Lipinski definition) is 8. The third-order valence-electron chi connectivity index (χ3n) is 10.9. The second-order valence-corrected chi connectivity index (χ2v) is 12.6. The fourth-order valence-electron chi connectivity index (χ4n) is 9.65. The Kier molecular flexibility index (Phi) is 4.84. The first-order chi connectivity index (χ1) is 15.9. The van der Waals surface area contributed by atoms with E-state index in [1.165, 1.54) is 0 Å². The largest absolute Gasteiger partial charge is 0.458 e. The fourth-order valence-corrected chi connectivity index (χ4v) is 9.65. The highest BCUT2D eigenvalue weighted by Crippen LogP contribution is 2.71. The Hall–Kier alpha value is -1.03. The molecule has 0 aromatic carbocycles. The zero-order chi connectivity index (χ0) is 24.3. The van der Waals surface area contributed by atoms with Gasteiger partial charge in [0.05, 0.1) is 41.5 Å². The second-order valence-electron chi connectivity index (χ2n) is 12.6. The van der Waals surface area contributed by atoms with Gasteiger partial charge in [-0.15, -0.1) is 0 Å². The molecule has 2 heterocycles. The Morgan fingerprint density at radius 1 is 1.09 bits per heavy atom. The van der Waals surface area contributed by atoms with Gasteiger partial charge in [0.15, 0.2) is 5.79 Å². The zero-order valence-electron chi connectivity index (χ0n) is 20.3. The van der Waals surface area contributed by atoms with Gasteiger partial charge in [0.1, 0.15) is 6.61 Å². The summed E-state index contributed by atoms with van der Waals surface area (Å²) in [5, 5.41) is 47.2. The molecule has 0 unspecified atom stereocenters. The Morgan fingerprint density at radius 3 is 2.53 bits per heavy atom. The van der Waals surface area contributed by atoms with Gasteiger partial charge in [-0.1, -0.05) is 6.92 Å². The predicted molar refractivity (Wildman–Crippen MR) is 119 cm³/mol. The maximum absolute atomic E-state index is 12.4. The van der Waals surface area contributed by atoms with Gasteiger partial charge in [-0.25, -0.2) is 4.79 Å². The highest BCUT2D eigenvalue weighted by molar-refractivity contribution is 5.85. The van der Waals surface area contributed by atoms with Gasteiger partial charge >= 0.3 is 5.97 Å². The van der Waals surface area contributed by atoms with Crippen LogP contribution in [0.5, 0.6) is 0 Å². The van der Waals surface area contributed by atoms with Crippen LogP contribution in [-0.4, -0.2) is 74.9 Å². The summed E-state index contributed by atoms with van der Waals surface area (Å²) in [7, 11) is 0. The van der Waals surface area contributed by atoms with Gasteiger partial charge in [-0.2, -0.15) is 0 Å². The van der Waals surface area contributed by atoms with Crippen LogP contribution in [0.1, 0.15) is 65.7 Å². The van der Waals surface area contributed by atoms with E-state index < -0.39 is 45.9 Å². The van der Waals surface area contributed by atoms with Gasteiger partial charge in [0.25, 0.3) is 0 Å². The number of aliphatic hydroxyl groups is 4. The molecule has 0 spiro atoms. The summed E-state index contributed by atoms with van der Waals surface area (Å²) in [5.74, 6) is -2.07. The summed E-state index contributed by atoms with van der Waals surface area (Å²) in [6.45, 7) is 5.66. The number of carbonyl (C=O) groups is 1. The molecule has 1 saturated heterocycles. The van der Waals surface area contributed by atoms with E-state index in [1.54, 1.807) is 6.08 Å². The van der Waals surface area contributed by atoms with Crippen molar-refractivity contribution in [3.05, 3.63) is 11.6 Å². The van der Waals surface area contributed by atoms with Crippen molar-refractivity contribution in [2.45, 2.75) is 101 Å². The molecule has 6 rings (SSSR count). The van der Waals surface area contributed by atoms with Crippen molar-refractivity contribution in [2.24, 2.45) is 28.6 Å². The van der Waals surface area contributed by atoms with Crippen LogP contribution in [0.15, 0.2) is 11.6 Å². The number of fused-ring (bicyclic) bond motifs is 8. The first-order valence-corrected chi connectivity index (χ1v) is 12.9. The number of ether oxygens (including phenoxy) is 3. The Bertz CT molecular complexity index is 932. The molecule has 4 N–H and O–H groups in total. The molecule has 0 amide bonds. The third-order valence-corrected chi connectivity index (χ3v) is 10.9. The molecule has 0 aromatic heterocycles. The average Bonchev–Trinajstić information content (AvgIpc) is 3.27. The number of rotatable bonds is 2. The van der Waals surface area contributed by atoms with Crippen LogP contribution in [0.3, 0.4) is 0 Å². The summed E-state index contributed by atoms with van der Waals surface area (Å²) in [4.78, 5) is 11.8. The Labute approximate surface area is 200 Å². The van der Waals surface area contributed by atoms with E-state index in [-0.39, 0.29) is 37.1 Å². The molecule has 6 aliphatic rings. The van der Waals surface area contributed by atoms with Crippen LogP contribution in [0.4, 0.5) is 0 Å². The van der Waals surface area contributed by atoms with E-state index in [0.717, 1.165) is 5.57 Å². The molecule has 0 radical (unpaired) electrons. The lowest BCUT2D eigenvalue weighted by atomic mass is 9.40. The van der Waals surface area contributed by atoms with Crippen LogP contribution in [-0.2, 0) is 19.0 Å². The van der Waals surface area contributed by atoms with E-state index in [0.29, 0.717) is 44.9 Å². The highest BCUT2D eigenvalue weighted by atomic mass is 16.7. The monoisotopic (exact) mass is 478 g/mol. The number of esters is 1. The van der Waals surface area contributed by atoms with Gasteiger partial charge < -0.3 is 34.6 Å². The molecule has 34 heavy (non-hydrogen) atoms. The maximum Gasteiger partial charge on any atom is 0.331 e. The topological polar surface area (TPSA) is 126 Å². The third kappa shape index (κ3) is 2.73. The summed E-state index contributed by atoms with van der Waals surface area (Å²) in [6, 6.07) is 0. The fraction of sp³-hybridized carbons (Fsp3) is 0.885. The number of cyclic esters (lactones) is 1. The number of carbonyl (C=O) groups excluding carboxylic acids is 1. The summed E-state index contributed by atoms with van der Waals surface area (Å²) >= 11 is 0. The van der Waals surface area contributed by atoms with E-state index in [2.05, 4.69) is 0 Å². The molecule has 190 valence electrons. The maximum atomic E-state index is 12.4. The lowest BCUT2D eigenvalue weighted by molar-refractivity contribution is -0.398. The quantitative estimate of drug-likeness (QED) is 0.439. The molecule has 4 saturated carbocycles. The van der Waals surface area contributed by atoms with E-state index in [9.17, 15) is 25.2 Å². The molecule has 8 nitrogen and oxygen atoms in total. The summed E-state index contributed by atoms with van der Waals surface area (Å²) in [6.07, 6.45) is 3.55. The summed E-state index contributed by atoms with van der Waals surface area (Å²) in [5.41, 5.74) is -3.16. The standard InChI is InChI=1S/C26H38O8/c1-22(2)33-15-9-19(34-22)25(13-27)21-17(4-6-24(25,30)10-15)26(31)7-5-16(14-8-20(29)32-12-14)23(26,3)11-18(21)28/h8,15-19,21,27-28,30-31H,4-7,9-13H2,1-3H3/t15-,16+,17-,18+,19+,21+,23+,24-,25+,26+/m0/s1. The molecule has 2 bridgehead atoms. The molecular formula is C26H38O8. The molecule has 10 atom stereocenters. The SMILES string of the molecule is CC1(C)O[C@H]2C[C@@H](O1)[C@]1(CO)[C@H]3[C@H](O)C[C@]4(C)[C@@H](C5=CC(=O)OC5)CC[C@@]4(O)[C@H]3CC[C@]1(O)C2. The van der Waals surface area contributed by atoms with Crippen molar-refractivity contribution in [3.8, 4) is 0 Å². The molecule has 8 heteroatoms. The van der Waals surface area contributed by atoms with Crippen LogP contribution in [0, 0.1) is 28.6 Å². The molecule has 4 aliphatic carbocycles. The smallest absolute Gasteiger partial charge is 0.331 e. The van der Waals surface area contributed by atoms with Gasteiger partial charge in [0, 0.05) is 30.3 Å². The first-order valence-electron chi connectivity index (χ1n) is 12.9. The van der Waals surface area contributed by atoms with Crippen LogP contribution >= 0.6 is 0 Å². The van der Waals surface area contributed by atoms with E-state index >= 15 is 0 Å². The van der Waals surface area contributed by atoms with Crippen LogP contribution in [0.2, 0.25) is 0 Å². The van der Waals surface area contributed by atoms with Gasteiger partial charge in [0.2, 0.25) is 0 Å². The molecule has 0 aromatic rings. The normalized spacial score (nSPS) is 55.6. The van der Waals surface area contributed by atoms with Crippen molar-refractivity contribution in [1.82, 2.24) is 0 Å². The van der Waals surface area contributed by atoms with E-state index in [4.69, 9.17) is 14.2 Å². The Morgan fingerprint density at radius 2 is 1.85 bits per heavy atom. The van der Waals surface area contributed by atoms with Crippen molar-refractivity contribution in [1.29, 1.82) is 0 Å². The highest BCUT2D eigenvalue weighted by Gasteiger charge is 2.76. The first kappa shape index (κ1) is 23.4. The van der Waals surface area contributed by atoms with Crippen molar-refractivity contribution in [2.75, 3.05) is 13.2 Å². The lowest BCUT2D eigenvalue weighted by Crippen LogP contribution is -2.77. The summed E-state index contributed by atoms with van der Waals surface area (Å²) < 4.78 is 17.6. The average molecular weight is 479 g/mol. The minimum atomic E-state index is -1.25. The molecule has 2 aliphatic heterocycles. The van der Waals surface area contributed by atoms with E-state index in [1.807, 2.05) is 20.8 Å². The van der Waals surface area contributed by atoms with Gasteiger partial charge in [-0.3, -0.25) is 0 Å². The second kappa shape index (κ2) is 7.05. The van der Waals surface area contributed by atoms with Crippen molar-refractivity contribution in [3.63, 3.8) is 0 Å².